The molecular formula is C66H53Br3. The number of aryl methyl sites for hydroxylation is 1. The first-order valence-electron chi connectivity index (χ1n) is 23.8. The average molecular weight is 1090 g/mol. The molecule has 8 aromatic carbocycles. The average Bonchev–Trinajstić information content (AvgIpc) is 3.83. The highest BCUT2D eigenvalue weighted by molar-refractivity contribution is 9.11. The van der Waals surface area contributed by atoms with E-state index in [1.165, 1.54) is 83.5 Å². The Morgan fingerprint density at radius 1 is 0.536 bits per heavy atom. The molecule has 2 aliphatic carbocycles. The molecule has 0 amide bonds. The van der Waals surface area contributed by atoms with E-state index >= 15 is 0 Å². The maximum Gasteiger partial charge on any atom is 0.0717 e. The largest absolute Gasteiger partial charge is 0.0991 e. The van der Waals surface area contributed by atoms with Crippen molar-refractivity contribution in [2.75, 3.05) is 0 Å². The molecule has 0 bridgehead atoms. The summed E-state index contributed by atoms with van der Waals surface area (Å²) >= 11 is 12.1. The number of allylic oxidation sites excluding steroid dienone is 9. The highest BCUT2D eigenvalue weighted by Gasteiger charge is 2.57. The zero-order valence-corrected chi connectivity index (χ0v) is 44.0. The predicted octanol–water partition coefficient (Wildman–Crippen LogP) is 18.9. The number of hydrogen-bond acceptors (Lipinski definition) is 0. The number of halogens is 3. The van der Waals surface area contributed by atoms with E-state index < -0.39 is 16.2 Å². The van der Waals surface area contributed by atoms with Gasteiger partial charge in [0.05, 0.1) is 16.2 Å². The normalized spacial score (nSPS) is 17.3. The predicted molar refractivity (Wildman–Crippen MR) is 302 cm³/mol. The molecule has 0 heterocycles. The lowest BCUT2D eigenvalue weighted by Crippen LogP contribution is -2.38. The van der Waals surface area contributed by atoms with Gasteiger partial charge in [-0.2, -0.15) is 0 Å². The number of fused-ring (bicyclic) bond motifs is 7. The molecule has 10 rings (SSSR count). The highest BCUT2D eigenvalue weighted by Crippen LogP contribution is 2.68. The van der Waals surface area contributed by atoms with Crippen molar-refractivity contribution in [3.05, 3.63) is 317 Å². The second-order valence-electron chi connectivity index (χ2n) is 18.1. The van der Waals surface area contributed by atoms with Crippen LogP contribution in [0.4, 0.5) is 0 Å². The summed E-state index contributed by atoms with van der Waals surface area (Å²) in [4.78, 5) is 0. The smallest absolute Gasteiger partial charge is 0.0717 e. The lowest BCUT2D eigenvalue weighted by molar-refractivity contribution is 0.640. The van der Waals surface area contributed by atoms with E-state index in [2.05, 4.69) is 300 Å². The van der Waals surface area contributed by atoms with Crippen LogP contribution in [0.2, 0.25) is 0 Å². The fourth-order valence-electron chi connectivity index (χ4n) is 12.0. The van der Waals surface area contributed by atoms with E-state index in [9.17, 15) is 0 Å². The van der Waals surface area contributed by atoms with Gasteiger partial charge in [0.2, 0.25) is 0 Å². The number of hydrogen-bond donors (Lipinski definition) is 0. The van der Waals surface area contributed by atoms with Gasteiger partial charge in [0.15, 0.2) is 0 Å². The summed E-state index contributed by atoms with van der Waals surface area (Å²) in [5, 5.41) is 0. The molecule has 3 heteroatoms. The maximum absolute atomic E-state index is 4.41. The SMILES string of the molecule is C=C/C=C(\C=C/C)[C@]1(c2ccccc2)c2cc(Br)ccc2-c2c3c(cc(C(c4ccccc4)(c4ccccc4)c4cc(Br)ccc4C)c21)-c1ccc(Br)cc1[C@]3(C/C=C\C/C=C\C)c1ccccc1. The molecule has 0 aliphatic heterocycles. The Morgan fingerprint density at radius 2 is 1.10 bits per heavy atom. The van der Waals surface area contributed by atoms with Crippen molar-refractivity contribution in [2.24, 2.45) is 0 Å². The molecule has 0 saturated carbocycles. The third-order valence-electron chi connectivity index (χ3n) is 14.6. The van der Waals surface area contributed by atoms with Gasteiger partial charge in [-0.3, -0.25) is 0 Å². The molecular weight excluding hydrogens is 1030 g/mol. The molecule has 0 spiro atoms. The molecule has 2 aliphatic rings. The molecule has 338 valence electrons. The minimum absolute atomic E-state index is 0.585. The van der Waals surface area contributed by atoms with Gasteiger partial charge in [-0.1, -0.05) is 243 Å². The van der Waals surface area contributed by atoms with Crippen molar-refractivity contribution in [3.63, 3.8) is 0 Å². The summed E-state index contributed by atoms with van der Waals surface area (Å²) in [7, 11) is 0. The molecule has 2 atom stereocenters. The third-order valence-corrected chi connectivity index (χ3v) is 16.1. The Balaban J connectivity index is 1.56. The standard InChI is InChI=1S/C66H53Br3/c1-5-8-9-10-23-40-64(46-26-15-11-16-27-46)58-42-52(68)36-38-54(58)56-44-60(65(48-28-17-12-18-29-48,49-30-19-13-20-31-49)57-41-51(67)35-34-45(57)4)63-61(62(56)64)55-39-37-53(69)43-59(55)66(63,47(24-6-2)25-7-3)50-32-21-14-22-33-50/h5-8,10-39,41-44H,2,9,40H2,1,3-4H3/b8-5-,23-10-,25-7-,47-24+/t64-,66-/m0/s1. The van der Waals surface area contributed by atoms with E-state index in [4.69, 9.17) is 0 Å². The second-order valence-corrected chi connectivity index (χ2v) is 20.9. The lowest BCUT2D eigenvalue weighted by Gasteiger charge is -2.44. The zero-order valence-electron chi connectivity index (χ0n) is 39.2. The van der Waals surface area contributed by atoms with Crippen molar-refractivity contribution in [1.82, 2.24) is 0 Å². The summed E-state index contributed by atoms with van der Waals surface area (Å²) in [6, 6.07) is 68.5. The minimum atomic E-state index is -0.843. The van der Waals surface area contributed by atoms with E-state index in [0.717, 1.165) is 31.8 Å². The van der Waals surface area contributed by atoms with Gasteiger partial charge in [-0.05, 0) is 165 Å². The molecule has 69 heavy (non-hydrogen) atoms. The van der Waals surface area contributed by atoms with Gasteiger partial charge in [0.25, 0.3) is 0 Å². The van der Waals surface area contributed by atoms with Crippen molar-refractivity contribution in [3.8, 4) is 22.3 Å². The highest BCUT2D eigenvalue weighted by atomic mass is 79.9. The minimum Gasteiger partial charge on any atom is -0.0991 e. The van der Waals surface area contributed by atoms with E-state index in [-0.39, 0.29) is 0 Å². The lowest BCUT2D eigenvalue weighted by atomic mass is 9.57. The molecule has 0 unspecified atom stereocenters. The number of rotatable bonds is 13. The fourth-order valence-corrected chi connectivity index (χ4v) is 13.1. The van der Waals surface area contributed by atoms with Gasteiger partial charge >= 0.3 is 0 Å². The van der Waals surface area contributed by atoms with Crippen molar-refractivity contribution in [1.29, 1.82) is 0 Å². The van der Waals surface area contributed by atoms with Gasteiger partial charge in [0, 0.05) is 13.4 Å². The first-order chi connectivity index (χ1) is 33.8. The Bertz CT molecular complexity index is 3300. The fraction of sp³-hybridized carbons (Fsp3) is 0.121. The van der Waals surface area contributed by atoms with Crippen LogP contribution in [0.15, 0.2) is 256 Å². The van der Waals surface area contributed by atoms with Crippen LogP contribution in [0.1, 0.15) is 87.9 Å². The van der Waals surface area contributed by atoms with Gasteiger partial charge < -0.3 is 0 Å². The summed E-state index contributed by atoms with van der Waals surface area (Å²) < 4.78 is 3.12. The quantitative estimate of drug-likeness (QED) is 0.0613. The van der Waals surface area contributed by atoms with Gasteiger partial charge in [-0.15, -0.1) is 0 Å². The van der Waals surface area contributed by atoms with Crippen LogP contribution in [-0.4, -0.2) is 0 Å². The molecule has 8 aromatic rings. The molecule has 0 radical (unpaired) electrons. The first kappa shape index (κ1) is 46.6. The van der Waals surface area contributed by atoms with Crippen LogP contribution in [0.3, 0.4) is 0 Å². The molecule has 0 fully saturated rings. The second kappa shape index (κ2) is 19.4. The molecule has 0 N–H and O–H groups in total. The van der Waals surface area contributed by atoms with E-state index in [1.54, 1.807) is 0 Å². The van der Waals surface area contributed by atoms with Crippen LogP contribution >= 0.6 is 47.8 Å². The van der Waals surface area contributed by atoms with Crippen LogP contribution in [-0.2, 0) is 16.2 Å². The Morgan fingerprint density at radius 3 is 1.71 bits per heavy atom. The van der Waals surface area contributed by atoms with Crippen LogP contribution in [0.5, 0.6) is 0 Å². The zero-order chi connectivity index (χ0) is 47.8. The summed E-state index contributed by atoms with van der Waals surface area (Å²) in [6.07, 6.45) is 19.5. The van der Waals surface area contributed by atoms with Crippen LogP contribution in [0, 0.1) is 6.92 Å². The Kier molecular flexibility index (Phi) is 13.1. The topological polar surface area (TPSA) is 0 Å². The van der Waals surface area contributed by atoms with E-state index in [1.807, 2.05) is 6.08 Å². The molecule has 0 aromatic heterocycles. The summed E-state index contributed by atoms with van der Waals surface area (Å²) in [5.41, 5.74) is 17.5. The maximum atomic E-state index is 4.41. The van der Waals surface area contributed by atoms with Gasteiger partial charge in [0.1, 0.15) is 0 Å². The van der Waals surface area contributed by atoms with Crippen molar-refractivity contribution >= 4 is 47.8 Å². The van der Waals surface area contributed by atoms with Crippen molar-refractivity contribution in [2.45, 2.75) is 49.9 Å². The third kappa shape index (κ3) is 7.43. The van der Waals surface area contributed by atoms with Crippen molar-refractivity contribution < 1.29 is 0 Å². The summed E-state index contributed by atoms with van der Waals surface area (Å²) in [6.45, 7) is 10.9. The van der Waals surface area contributed by atoms with E-state index in [0.29, 0.717) is 0 Å². The first-order valence-corrected chi connectivity index (χ1v) is 26.2. The Labute approximate surface area is 434 Å². The van der Waals surface area contributed by atoms with Crippen LogP contribution in [0.25, 0.3) is 22.3 Å². The molecule has 0 nitrogen and oxygen atoms in total. The monoisotopic (exact) mass is 1080 g/mol. The Hall–Kier alpha value is -6.10. The molecule has 0 saturated heterocycles. The summed E-state index contributed by atoms with van der Waals surface area (Å²) in [5.74, 6) is 0. The van der Waals surface area contributed by atoms with Gasteiger partial charge in [-0.25, -0.2) is 0 Å². The number of benzene rings is 8. The van der Waals surface area contributed by atoms with Crippen LogP contribution < -0.4 is 0 Å².